The third-order valence-electron chi connectivity index (χ3n) is 4.40. The van der Waals surface area contributed by atoms with E-state index in [1.807, 2.05) is 17.5 Å². The lowest BCUT2D eigenvalue weighted by molar-refractivity contribution is 0.0241. The largest absolute Gasteiger partial charge is 0.493 e. The summed E-state index contributed by atoms with van der Waals surface area (Å²) in [6, 6.07) is 9.14. The van der Waals surface area contributed by atoms with Crippen molar-refractivity contribution in [2.45, 2.75) is 25.0 Å². The second-order valence-corrected chi connectivity index (χ2v) is 6.87. The minimum absolute atomic E-state index is 0.100. The fourth-order valence-corrected chi connectivity index (χ4v) is 3.95. The Morgan fingerprint density at radius 3 is 2.62 bits per heavy atom. The Kier molecular flexibility index (Phi) is 5.06. The molecule has 6 heteroatoms. The molecule has 1 fully saturated rings. The molecule has 128 valence electrons. The van der Waals surface area contributed by atoms with Gasteiger partial charge in [0, 0.05) is 4.88 Å². The predicted octanol–water partition coefficient (Wildman–Crippen LogP) is 3.01. The molecule has 0 aliphatic heterocycles. The van der Waals surface area contributed by atoms with Crippen molar-refractivity contribution in [3.8, 4) is 11.5 Å². The van der Waals surface area contributed by atoms with Crippen LogP contribution in [0, 0.1) is 5.92 Å². The summed E-state index contributed by atoms with van der Waals surface area (Å²) in [4.78, 5) is 13.9. The van der Waals surface area contributed by atoms with Crippen LogP contribution in [0.15, 0.2) is 35.7 Å². The van der Waals surface area contributed by atoms with E-state index in [4.69, 9.17) is 9.47 Å². The first-order valence-corrected chi connectivity index (χ1v) is 8.75. The Morgan fingerprint density at radius 2 is 2.04 bits per heavy atom. The number of methoxy groups -OCH3 is 2. The van der Waals surface area contributed by atoms with Gasteiger partial charge in [-0.25, -0.2) is 0 Å². The molecule has 0 radical (unpaired) electrons. The van der Waals surface area contributed by atoms with Crippen molar-refractivity contribution in [1.82, 2.24) is 5.32 Å². The number of hydrogen-bond donors (Lipinski definition) is 2. The van der Waals surface area contributed by atoms with Crippen LogP contribution >= 0.6 is 11.3 Å². The number of carbonyl (C=O) groups excluding carboxylic acids is 1. The minimum atomic E-state index is -0.263. The van der Waals surface area contributed by atoms with E-state index < -0.39 is 0 Å². The van der Waals surface area contributed by atoms with Crippen LogP contribution in [-0.2, 0) is 0 Å². The van der Waals surface area contributed by atoms with Gasteiger partial charge in [-0.2, -0.15) is 0 Å². The Hall–Kier alpha value is -2.05. The monoisotopic (exact) mass is 347 g/mol. The standard InChI is InChI=1S/C18H21NO4S/c1-22-14-6-3-5-13(17(14)23-2)18(21)19-16(11-9-12(20)10-11)15-7-4-8-24-15/h3-8,11-12,16,20H,9-10H2,1-2H3,(H,19,21)/t11?,12?,16-/m1/s1. The molecule has 1 aromatic heterocycles. The zero-order valence-electron chi connectivity index (χ0n) is 13.7. The van der Waals surface area contributed by atoms with Gasteiger partial charge in [0.05, 0.1) is 31.9 Å². The van der Waals surface area contributed by atoms with Gasteiger partial charge in [-0.15, -0.1) is 11.3 Å². The van der Waals surface area contributed by atoms with Gasteiger partial charge in [0.1, 0.15) is 0 Å². The second-order valence-electron chi connectivity index (χ2n) is 5.89. The fourth-order valence-electron chi connectivity index (χ4n) is 3.08. The number of benzene rings is 1. The number of thiophene rings is 1. The van der Waals surface area contributed by atoms with Gasteiger partial charge < -0.3 is 19.9 Å². The molecule has 5 nitrogen and oxygen atoms in total. The highest BCUT2D eigenvalue weighted by atomic mass is 32.1. The average Bonchev–Trinajstić information content (AvgIpc) is 3.10. The van der Waals surface area contributed by atoms with Crippen LogP contribution in [0.3, 0.4) is 0 Å². The Bertz CT molecular complexity index is 695. The molecule has 1 heterocycles. The zero-order chi connectivity index (χ0) is 17.1. The smallest absolute Gasteiger partial charge is 0.255 e. The van der Waals surface area contributed by atoms with E-state index in [1.165, 1.54) is 7.11 Å². The molecule has 1 aromatic carbocycles. The molecule has 0 saturated heterocycles. The lowest BCUT2D eigenvalue weighted by Gasteiger charge is -2.37. The summed E-state index contributed by atoms with van der Waals surface area (Å²) in [7, 11) is 3.07. The molecule has 3 rings (SSSR count). The van der Waals surface area contributed by atoms with Gasteiger partial charge in [-0.3, -0.25) is 4.79 Å². The number of rotatable bonds is 6. The van der Waals surface area contributed by atoms with Crippen LogP contribution in [-0.4, -0.2) is 31.3 Å². The molecule has 0 spiro atoms. The average molecular weight is 347 g/mol. The zero-order valence-corrected chi connectivity index (χ0v) is 14.5. The highest BCUT2D eigenvalue weighted by Crippen LogP contribution is 2.40. The quantitative estimate of drug-likeness (QED) is 0.843. The van der Waals surface area contributed by atoms with Gasteiger partial charge in [-0.1, -0.05) is 12.1 Å². The number of aliphatic hydroxyl groups is 1. The Balaban J connectivity index is 1.84. The van der Waals surface area contributed by atoms with Crippen LogP contribution in [0.25, 0.3) is 0 Å². The van der Waals surface area contributed by atoms with Crippen molar-refractivity contribution in [2.75, 3.05) is 14.2 Å². The first-order valence-electron chi connectivity index (χ1n) is 7.87. The SMILES string of the molecule is COc1cccc(C(=O)N[C@@H](c2cccs2)C2CC(O)C2)c1OC. The van der Waals surface area contributed by atoms with Crippen molar-refractivity contribution >= 4 is 17.2 Å². The molecule has 2 aromatic rings. The highest BCUT2D eigenvalue weighted by Gasteiger charge is 2.36. The van der Waals surface area contributed by atoms with Crippen molar-refractivity contribution in [2.24, 2.45) is 5.92 Å². The van der Waals surface area contributed by atoms with Crippen LogP contribution in [0.4, 0.5) is 0 Å². The number of hydrogen-bond acceptors (Lipinski definition) is 5. The van der Waals surface area contributed by atoms with Gasteiger partial charge in [0.25, 0.3) is 5.91 Å². The molecule has 1 saturated carbocycles. The van der Waals surface area contributed by atoms with E-state index >= 15 is 0 Å². The molecule has 1 aliphatic rings. The molecular formula is C18H21NO4S. The van der Waals surface area contributed by atoms with Crippen molar-refractivity contribution in [1.29, 1.82) is 0 Å². The second kappa shape index (κ2) is 7.23. The number of amides is 1. The molecule has 24 heavy (non-hydrogen) atoms. The maximum absolute atomic E-state index is 12.8. The van der Waals surface area contributed by atoms with Crippen LogP contribution < -0.4 is 14.8 Å². The number of carbonyl (C=O) groups is 1. The summed E-state index contributed by atoms with van der Waals surface area (Å²) in [5.74, 6) is 0.998. The first kappa shape index (κ1) is 16.8. The third kappa shape index (κ3) is 3.25. The highest BCUT2D eigenvalue weighted by molar-refractivity contribution is 7.10. The molecule has 0 bridgehead atoms. The van der Waals surface area contributed by atoms with E-state index in [0.717, 1.165) is 4.88 Å². The predicted molar refractivity (Wildman–Crippen MR) is 92.8 cm³/mol. The third-order valence-corrected chi connectivity index (χ3v) is 5.36. The normalized spacial score (nSPS) is 20.8. The van der Waals surface area contributed by atoms with Crippen molar-refractivity contribution in [3.05, 3.63) is 46.2 Å². The molecule has 1 atom stereocenters. The lowest BCUT2D eigenvalue weighted by atomic mass is 9.76. The molecule has 1 aliphatic carbocycles. The van der Waals surface area contributed by atoms with Gasteiger partial charge in [0.2, 0.25) is 0 Å². The summed E-state index contributed by atoms with van der Waals surface area (Å²) in [5, 5.41) is 14.7. The summed E-state index contributed by atoms with van der Waals surface area (Å²) >= 11 is 1.61. The lowest BCUT2D eigenvalue weighted by Crippen LogP contribution is -2.41. The van der Waals surface area contributed by atoms with Crippen LogP contribution in [0.1, 0.15) is 34.1 Å². The number of aliphatic hydroxyl groups excluding tert-OH is 1. The van der Waals surface area contributed by atoms with Crippen LogP contribution in [0.2, 0.25) is 0 Å². The number of ether oxygens (including phenoxy) is 2. The fraction of sp³-hybridized carbons (Fsp3) is 0.389. The number of para-hydroxylation sites is 1. The van der Waals surface area contributed by atoms with E-state index in [1.54, 1.807) is 36.6 Å². The van der Waals surface area contributed by atoms with Crippen molar-refractivity contribution in [3.63, 3.8) is 0 Å². The van der Waals surface area contributed by atoms with E-state index in [-0.39, 0.29) is 24.0 Å². The Labute approximate surface area is 145 Å². The first-order chi connectivity index (χ1) is 11.6. The summed E-state index contributed by atoms with van der Waals surface area (Å²) in [5.41, 5.74) is 0.443. The molecular weight excluding hydrogens is 326 g/mol. The summed E-state index contributed by atoms with van der Waals surface area (Å²) < 4.78 is 10.6. The maximum Gasteiger partial charge on any atom is 0.255 e. The summed E-state index contributed by atoms with van der Waals surface area (Å²) in [6.45, 7) is 0. The van der Waals surface area contributed by atoms with E-state index in [2.05, 4.69) is 5.32 Å². The van der Waals surface area contributed by atoms with Crippen LogP contribution in [0.5, 0.6) is 11.5 Å². The van der Waals surface area contributed by atoms with Crippen molar-refractivity contribution < 1.29 is 19.4 Å². The topological polar surface area (TPSA) is 67.8 Å². The maximum atomic E-state index is 12.8. The Morgan fingerprint density at radius 1 is 1.25 bits per heavy atom. The minimum Gasteiger partial charge on any atom is -0.493 e. The molecule has 2 N–H and O–H groups in total. The van der Waals surface area contributed by atoms with Gasteiger partial charge in [0.15, 0.2) is 11.5 Å². The number of nitrogens with one attached hydrogen (secondary N) is 1. The van der Waals surface area contributed by atoms with Gasteiger partial charge >= 0.3 is 0 Å². The molecule has 0 unspecified atom stereocenters. The molecule has 1 amide bonds. The van der Waals surface area contributed by atoms with E-state index in [9.17, 15) is 9.90 Å². The van der Waals surface area contributed by atoms with Gasteiger partial charge in [-0.05, 0) is 42.3 Å². The summed E-state index contributed by atoms with van der Waals surface area (Å²) in [6.07, 6.45) is 1.15. The van der Waals surface area contributed by atoms with E-state index in [0.29, 0.717) is 29.9 Å².